The molecule has 3 heterocycles. The van der Waals surface area contributed by atoms with Gasteiger partial charge in [0.05, 0.1) is 10.7 Å². The summed E-state index contributed by atoms with van der Waals surface area (Å²) in [7, 11) is 0. The molecule has 0 radical (unpaired) electrons. The molecule has 1 aliphatic carbocycles. The minimum Gasteiger partial charge on any atom is -0.368 e. The lowest BCUT2D eigenvalue weighted by atomic mass is 9.88. The second-order valence-corrected chi connectivity index (χ2v) is 12.3. The van der Waals surface area contributed by atoms with Crippen molar-refractivity contribution < 1.29 is 14.5 Å². The molecule has 2 aromatic rings. The van der Waals surface area contributed by atoms with Gasteiger partial charge < -0.3 is 19.6 Å². The molecule has 41 heavy (non-hydrogen) atoms. The van der Waals surface area contributed by atoms with E-state index < -0.39 is 4.92 Å². The minimum absolute atomic E-state index is 0.00642. The number of nitrogens with zero attached hydrogens (tertiary/aromatic N) is 7. The van der Waals surface area contributed by atoms with Crippen LogP contribution in [0.3, 0.4) is 0 Å². The molecule has 11 nitrogen and oxygen atoms in total. The van der Waals surface area contributed by atoms with Crippen molar-refractivity contribution in [2.75, 3.05) is 61.4 Å². The van der Waals surface area contributed by atoms with Crippen LogP contribution in [0, 0.1) is 16.0 Å². The van der Waals surface area contributed by atoms with E-state index in [4.69, 9.17) is 16.6 Å². The monoisotopic (exact) mass is 601 g/mol. The molecular weight excluding hydrogens is 566 g/mol. The Kier molecular flexibility index (Phi) is 9.49. The molecule has 13 heteroatoms. The van der Waals surface area contributed by atoms with Crippen LogP contribution < -0.4 is 9.80 Å². The van der Waals surface area contributed by atoms with Crippen LogP contribution in [0.2, 0.25) is 5.15 Å². The standard InChI is InChI=1S/C28H36ClN7O4S/c1-20-18-34(15-16-35(20)27(38)21-5-3-2-4-6-21)25-17-24(29)30-28(31-25)41-19-26(37)33-13-11-32(12-14-33)22-7-9-23(10-8-22)36(39)40/h7-10,17,20-21H,2-6,11-16,18-19H2,1H3. The van der Waals surface area contributed by atoms with E-state index in [1.165, 1.54) is 30.3 Å². The van der Waals surface area contributed by atoms with E-state index >= 15 is 0 Å². The molecule has 2 saturated heterocycles. The van der Waals surface area contributed by atoms with Crippen molar-refractivity contribution in [1.82, 2.24) is 19.8 Å². The van der Waals surface area contributed by atoms with Gasteiger partial charge in [-0.3, -0.25) is 19.7 Å². The summed E-state index contributed by atoms with van der Waals surface area (Å²) in [5.74, 6) is 1.38. The molecule has 0 spiro atoms. The SMILES string of the molecule is CC1CN(c2cc(Cl)nc(SCC(=O)N3CCN(c4ccc([N+](=O)[O-])cc4)CC3)n2)CCN1C(=O)C1CCCCC1. The van der Waals surface area contributed by atoms with Crippen molar-refractivity contribution in [3.8, 4) is 0 Å². The van der Waals surface area contributed by atoms with Crippen LogP contribution in [0.1, 0.15) is 39.0 Å². The summed E-state index contributed by atoms with van der Waals surface area (Å²) >= 11 is 7.63. The lowest BCUT2D eigenvalue weighted by Crippen LogP contribution is -2.55. The third-order valence-electron chi connectivity index (χ3n) is 8.23. The number of anilines is 2. The molecule has 0 bridgehead atoms. The summed E-state index contributed by atoms with van der Waals surface area (Å²) in [4.78, 5) is 53.7. The number of nitro benzene ring substituents is 1. The summed E-state index contributed by atoms with van der Waals surface area (Å²) in [5.41, 5.74) is 0.970. The maximum Gasteiger partial charge on any atom is 0.269 e. The van der Waals surface area contributed by atoms with Gasteiger partial charge in [-0.05, 0) is 31.9 Å². The van der Waals surface area contributed by atoms with E-state index in [1.54, 1.807) is 18.2 Å². The van der Waals surface area contributed by atoms with Crippen molar-refractivity contribution in [1.29, 1.82) is 0 Å². The number of piperazine rings is 2. The Hall–Kier alpha value is -3.12. The average Bonchev–Trinajstić information content (AvgIpc) is 3.00. The summed E-state index contributed by atoms with van der Waals surface area (Å²) in [5, 5.41) is 11.7. The van der Waals surface area contributed by atoms with Gasteiger partial charge in [-0.15, -0.1) is 0 Å². The molecule has 1 aromatic heterocycles. The van der Waals surface area contributed by atoms with E-state index in [1.807, 2.05) is 9.80 Å². The van der Waals surface area contributed by atoms with Crippen LogP contribution in [0.25, 0.3) is 0 Å². The summed E-state index contributed by atoms with van der Waals surface area (Å²) in [6, 6.07) is 8.31. The molecule has 5 rings (SSSR count). The number of carbonyl (C=O) groups is 2. The fourth-order valence-corrected chi connectivity index (χ4v) is 6.89. The quantitative estimate of drug-likeness (QED) is 0.152. The predicted molar refractivity (Wildman–Crippen MR) is 160 cm³/mol. The lowest BCUT2D eigenvalue weighted by Gasteiger charge is -2.42. The molecule has 1 unspecified atom stereocenters. The van der Waals surface area contributed by atoms with Gasteiger partial charge in [-0.1, -0.05) is 42.6 Å². The maximum absolute atomic E-state index is 13.1. The van der Waals surface area contributed by atoms with Crippen molar-refractivity contribution in [2.45, 2.75) is 50.2 Å². The molecule has 3 fully saturated rings. The number of rotatable bonds is 7. The Bertz CT molecular complexity index is 1250. The van der Waals surface area contributed by atoms with Gasteiger partial charge in [-0.25, -0.2) is 9.97 Å². The highest BCUT2D eigenvalue weighted by Crippen LogP contribution is 2.29. The van der Waals surface area contributed by atoms with E-state index in [0.29, 0.717) is 67.8 Å². The first-order valence-corrected chi connectivity index (χ1v) is 15.6. The van der Waals surface area contributed by atoms with Crippen LogP contribution in [0.5, 0.6) is 0 Å². The van der Waals surface area contributed by atoms with Gasteiger partial charge in [0.25, 0.3) is 5.69 Å². The van der Waals surface area contributed by atoms with E-state index in [2.05, 4.69) is 21.7 Å². The number of hydrogen-bond donors (Lipinski definition) is 0. The van der Waals surface area contributed by atoms with Crippen LogP contribution in [-0.2, 0) is 9.59 Å². The zero-order valence-corrected chi connectivity index (χ0v) is 24.9. The number of non-ortho nitro benzene ring substituents is 1. The molecule has 3 aliphatic rings. The van der Waals surface area contributed by atoms with E-state index in [0.717, 1.165) is 31.4 Å². The molecule has 0 N–H and O–H groups in total. The van der Waals surface area contributed by atoms with Crippen molar-refractivity contribution in [3.05, 3.63) is 45.6 Å². The second kappa shape index (κ2) is 13.2. The number of amides is 2. The number of nitro groups is 1. The van der Waals surface area contributed by atoms with Crippen LogP contribution in [-0.4, -0.2) is 94.1 Å². The van der Waals surface area contributed by atoms with Crippen molar-refractivity contribution in [3.63, 3.8) is 0 Å². The third kappa shape index (κ3) is 7.21. The van der Waals surface area contributed by atoms with Gasteiger partial charge >= 0.3 is 0 Å². The van der Waals surface area contributed by atoms with E-state index in [-0.39, 0.29) is 29.3 Å². The average molecular weight is 602 g/mol. The molecular formula is C28H36ClN7O4S. The zero-order valence-electron chi connectivity index (χ0n) is 23.3. The second-order valence-electron chi connectivity index (χ2n) is 10.9. The molecule has 1 atom stereocenters. The highest BCUT2D eigenvalue weighted by atomic mass is 35.5. The van der Waals surface area contributed by atoms with Gasteiger partial charge in [-0.2, -0.15) is 0 Å². The lowest BCUT2D eigenvalue weighted by molar-refractivity contribution is -0.384. The van der Waals surface area contributed by atoms with Gasteiger partial charge in [0.2, 0.25) is 11.8 Å². The van der Waals surface area contributed by atoms with Gasteiger partial charge in [0.15, 0.2) is 5.16 Å². The summed E-state index contributed by atoms with van der Waals surface area (Å²) in [6.45, 7) is 6.54. The predicted octanol–water partition coefficient (Wildman–Crippen LogP) is 4.10. The Morgan fingerprint density at radius 1 is 1.00 bits per heavy atom. The zero-order chi connectivity index (χ0) is 28.9. The summed E-state index contributed by atoms with van der Waals surface area (Å²) in [6.07, 6.45) is 5.52. The summed E-state index contributed by atoms with van der Waals surface area (Å²) < 4.78 is 0. The highest BCUT2D eigenvalue weighted by Gasteiger charge is 2.33. The number of halogens is 1. The minimum atomic E-state index is -0.411. The smallest absolute Gasteiger partial charge is 0.269 e. The fraction of sp³-hybridized carbons (Fsp3) is 0.571. The number of benzene rings is 1. The van der Waals surface area contributed by atoms with Gasteiger partial charge in [0.1, 0.15) is 11.0 Å². The Morgan fingerprint density at radius 2 is 1.68 bits per heavy atom. The first-order chi connectivity index (χ1) is 19.8. The normalized spacial score (nSPS) is 20.3. The highest BCUT2D eigenvalue weighted by molar-refractivity contribution is 7.99. The fourth-order valence-electron chi connectivity index (χ4n) is 5.91. The molecule has 2 amide bonds. The largest absolute Gasteiger partial charge is 0.368 e. The first kappa shape index (κ1) is 29.4. The van der Waals surface area contributed by atoms with Gasteiger partial charge in [0, 0.05) is 81.7 Å². The maximum atomic E-state index is 13.1. The number of thioether (sulfide) groups is 1. The van der Waals surface area contributed by atoms with Crippen molar-refractivity contribution >= 4 is 52.4 Å². The Labute approximate surface area is 249 Å². The Morgan fingerprint density at radius 3 is 2.34 bits per heavy atom. The van der Waals surface area contributed by atoms with Crippen molar-refractivity contribution in [2.24, 2.45) is 5.92 Å². The molecule has 2 aliphatic heterocycles. The first-order valence-electron chi connectivity index (χ1n) is 14.3. The number of aromatic nitrogens is 2. The molecule has 220 valence electrons. The third-order valence-corrected chi connectivity index (χ3v) is 9.26. The van der Waals surface area contributed by atoms with E-state index in [9.17, 15) is 19.7 Å². The topological polar surface area (TPSA) is 116 Å². The number of carbonyl (C=O) groups excluding carboxylic acids is 2. The molecule has 1 saturated carbocycles. The Balaban J connectivity index is 1.12. The van der Waals surface area contributed by atoms with Crippen LogP contribution in [0.15, 0.2) is 35.5 Å². The van der Waals surface area contributed by atoms with Crippen LogP contribution >= 0.6 is 23.4 Å². The van der Waals surface area contributed by atoms with Crippen LogP contribution in [0.4, 0.5) is 17.2 Å². The molecule has 1 aromatic carbocycles. The number of hydrogen-bond acceptors (Lipinski definition) is 9.